The molecule has 0 aliphatic carbocycles. The van der Waals surface area contributed by atoms with E-state index in [0.717, 1.165) is 0 Å². The van der Waals surface area contributed by atoms with Gasteiger partial charge >= 0.3 is 0 Å². The van der Waals surface area contributed by atoms with E-state index in [1.807, 2.05) is 0 Å². The lowest BCUT2D eigenvalue weighted by atomic mass is 10.3. The Balaban J connectivity index is 1.70. The molecule has 9 heteroatoms. The van der Waals surface area contributed by atoms with Gasteiger partial charge in [-0.05, 0) is 78.7 Å². The van der Waals surface area contributed by atoms with Crippen molar-refractivity contribution in [3.05, 3.63) is 72.8 Å². The summed E-state index contributed by atoms with van der Waals surface area (Å²) in [7, 11) is -3.77. The lowest BCUT2D eigenvalue weighted by molar-refractivity contribution is -0.00618. The van der Waals surface area contributed by atoms with Gasteiger partial charge < -0.3 is 9.83 Å². The minimum atomic E-state index is -3.77. The lowest BCUT2D eigenvalue weighted by Gasteiger charge is -2.10. The molecule has 0 spiro atoms. The van der Waals surface area contributed by atoms with Crippen LogP contribution in [-0.2, 0) is 10.0 Å². The van der Waals surface area contributed by atoms with Gasteiger partial charge in [-0.1, -0.05) is 6.07 Å². The predicted octanol–water partition coefficient (Wildman–Crippen LogP) is 4.58. The number of halogens is 1. The molecular formula is C18H15FN2O4S2. The summed E-state index contributed by atoms with van der Waals surface area (Å²) in [5, 5.41) is 9.28. The van der Waals surface area contributed by atoms with Gasteiger partial charge in [-0.3, -0.25) is 9.66 Å². The number of hydrogen-bond donors (Lipinski definition) is 3. The molecule has 6 nitrogen and oxygen atoms in total. The summed E-state index contributed by atoms with van der Waals surface area (Å²) < 4.78 is 42.6. The van der Waals surface area contributed by atoms with Crippen LogP contribution in [-0.4, -0.2) is 13.5 Å². The van der Waals surface area contributed by atoms with E-state index in [4.69, 9.17) is 0 Å². The highest BCUT2D eigenvalue weighted by Crippen LogP contribution is 2.26. The lowest BCUT2D eigenvalue weighted by Crippen LogP contribution is -2.12. The fourth-order valence-corrected chi connectivity index (χ4v) is 4.02. The molecule has 0 saturated heterocycles. The van der Waals surface area contributed by atoms with Crippen LogP contribution in [0.4, 0.5) is 15.9 Å². The molecule has 0 bridgehead atoms. The minimum Gasteiger partial charge on any atom is -0.508 e. The van der Waals surface area contributed by atoms with E-state index < -0.39 is 10.0 Å². The highest BCUT2D eigenvalue weighted by molar-refractivity contribution is 8.00. The quantitative estimate of drug-likeness (QED) is 0.393. The average molecular weight is 406 g/mol. The Kier molecular flexibility index (Phi) is 5.72. The third-order valence-electron chi connectivity index (χ3n) is 3.47. The van der Waals surface area contributed by atoms with E-state index in [1.165, 1.54) is 60.5 Å². The van der Waals surface area contributed by atoms with Crippen molar-refractivity contribution < 1.29 is 23.0 Å². The van der Waals surface area contributed by atoms with Crippen molar-refractivity contribution in [2.24, 2.45) is 0 Å². The van der Waals surface area contributed by atoms with Gasteiger partial charge in [0.05, 0.1) is 4.90 Å². The molecule has 0 heterocycles. The van der Waals surface area contributed by atoms with Crippen molar-refractivity contribution in [2.75, 3.05) is 9.44 Å². The smallest absolute Gasteiger partial charge is 0.261 e. The van der Waals surface area contributed by atoms with Crippen LogP contribution in [0.3, 0.4) is 0 Å². The predicted molar refractivity (Wildman–Crippen MR) is 103 cm³/mol. The molecule has 140 valence electrons. The summed E-state index contributed by atoms with van der Waals surface area (Å²) in [6.07, 6.45) is 0. The SMILES string of the molecule is O=S(=O)(Nc1ccc(O)cc1)c1cccc(SNc2ccc(OF)cc2)c1. The summed E-state index contributed by atoms with van der Waals surface area (Å²) in [5.74, 6) is 0.146. The first-order valence-corrected chi connectivity index (χ1v) is 10.00. The van der Waals surface area contributed by atoms with Gasteiger partial charge in [-0.25, -0.2) is 8.42 Å². The van der Waals surface area contributed by atoms with Gasteiger partial charge in [0.1, 0.15) is 5.75 Å². The number of aromatic hydroxyl groups is 1. The monoisotopic (exact) mass is 406 g/mol. The number of anilines is 2. The molecule has 0 aromatic heterocycles. The Morgan fingerprint density at radius 3 is 2.26 bits per heavy atom. The summed E-state index contributed by atoms with van der Waals surface area (Å²) in [6, 6.07) is 18.3. The van der Waals surface area contributed by atoms with Crippen LogP contribution in [0.5, 0.6) is 11.5 Å². The summed E-state index contributed by atoms with van der Waals surface area (Å²) in [6.45, 7) is 0. The van der Waals surface area contributed by atoms with Gasteiger partial charge in [0.25, 0.3) is 10.0 Å². The normalized spacial score (nSPS) is 11.0. The maximum absolute atomic E-state index is 12.5. The van der Waals surface area contributed by atoms with Crippen LogP contribution < -0.4 is 14.4 Å². The molecule has 0 saturated carbocycles. The van der Waals surface area contributed by atoms with Crippen molar-refractivity contribution >= 4 is 33.3 Å². The van der Waals surface area contributed by atoms with Crippen molar-refractivity contribution in [3.8, 4) is 11.5 Å². The van der Waals surface area contributed by atoms with Crippen molar-refractivity contribution in [1.82, 2.24) is 0 Å². The molecule has 3 aromatic rings. The van der Waals surface area contributed by atoms with E-state index >= 15 is 0 Å². The fraction of sp³-hybridized carbons (Fsp3) is 0. The number of phenols is 1. The van der Waals surface area contributed by atoms with E-state index in [9.17, 15) is 18.1 Å². The van der Waals surface area contributed by atoms with Gasteiger partial charge in [-0.15, -0.1) is 0 Å². The molecule has 0 atom stereocenters. The third kappa shape index (κ3) is 5.05. The third-order valence-corrected chi connectivity index (χ3v) is 5.67. The summed E-state index contributed by atoms with van der Waals surface area (Å²) in [5.41, 5.74) is 1.05. The van der Waals surface area contributed by atoms with E-state index in [1.54, 1.807) is 24.3 Å². The summed E-state index contributed by atoms with van der Waals surface area (Å²) in [4.78, 5) is 4.39. The van der Waals surface area contributed by atoms with Crippen LogP contribution in [0.1, 0.15) is 0 Å². The van der Waals surface area contributed by atoms with Gasteiger partial charge in [0.2, 0.25) is 0 Å². The van der Waals surface area contributed by atoms with Crippen LogP contribution in [0.15, 0.2) is 82.6 Å². The average Bonchev–Trinajstić information content (AvgIpc) is 2.69. The Morgan fingerprint density at radius 1 is 0.926 bits per heavy atom. The van der Waals surface area contributed by atoms with Gasteiger partial charge in [0, 0.05) is 20.8 Å². The Bertz CT molecular complexity index is 1010. The van der Waals surface area contributed by atoms with E-state index in [0.29, 0.717) is 16.3 Å². The molecule has 3 aromatic carbocycles. The molecule has 0 aliphatic rings. The van der Waals surface area contributed by atoms with Crippen LogP contribution in [0.2, 0.25) is 0 Å². The Morgan fingerprint density at radius 2 is 1.59 bits per heavy atom. The number of rotatable bonds is 7. The largest absolute Gasteiger partial charge is 0.508 e. The zero-order chi connectivity index (χ0) is 19.3. The number of benzene rings is 3. The first-order chi connectivity index (χ1) is 13.0. The van der Waals surface area contributed by atoms with Crippen LogP contribution >= 0.6 is 11.9 Å². The van der Waals surface area contributed by atoms with Crippen LogP contribution in [0, 0.1) is 0 Å². The minimum absolute atomic E-state index is 0.0496. The molecule has 3 N–H and O–H groups in total. The second-order valence-electron chi connectivity index (χ2n) is 5.43. The van der Waals surface area contributed by atoms with Crippen molar-refractivity contribution in [1.29, 1.82) is 0 Å². The molecule has 0 fully saturated rings. The zero-order valence-corrected chi connectivity index (χ0v) is 15.4. The molecule has 0 unspecified atom stereocenters. The molecule has 0 aliphatic heterocycles. The molecule has 3 rings (SSSR count). The van der Waals surface area contributed by atoms with Crippen LogP contribution in [0.25, 0.3) is 0 Å². The maximum Gasteiger partial charge on any atom is 0.261 e. The Labute approximate surface area is 160 Å². The molecule has 27 heavy (non-hydrogen) atoms. The Hall–Kier alpha value is -2.91. The highest BCUT2D eigenvalue weighted by atomic mass is 32.2. The fourth-order valence-electron chi connectivity index (χ4n) is 2.14. The molecule has 0 radical (unpaired) electrons. The molecule has 0 amide bonds. The van der Waals surface area contributed by atoms with Gasteiger partial charge in [0.15, 0.2) is 5.75 Å². The van der Waals surface area contributed by atoms with Crippen molar-refractivity contribution in [3.63, 3.8) is 0 Å². The number of hydrogen-bond acceptors (Lipinski definition) is 6. The maximum atomic E-state index is 12.5. The number of phenolic OH excluding ortho intramolecular Hbond substituents is 1. The first kappa shape index (κ1) is 18.9. The molecular weight excluding hydrogens is 391 g/mol. The second-order valence-corrected chi connectivity index (χ2v) is 7.99. The highest BCUT2D eigenvalue weighted by Gasteiger charge is 2.15. The standard InChI is InChI=1S/C18H15FN2O4S2/c19-25-16-10-6-13(7-11-16)20-26-17-2-1-3-18(12-17)27(23,24)21-14-4-8-15(22)9-5-14/h1-12,20-22H. The second kappa shape index (κ2) is 8.19. The van der Waals surface area contributed by atoms with Crippen molar-refractivity contribution in [2.45, 2.75) is 9.79 Å². The summed E-state index contributed by atoms with van der Waals surface area (Å²) >= 11 is 1.22. The first-order valence-electron chi connectivity index (χ1n) is 7.70. The van der Waals surface area contributed by atoms with E-state index in [2.05, 4.69) is 14.4 Å². The zero-order valence-electron chi connectivity index (χ0n) is 13.8. The van der Waals surface area contributed by atoms with Gasteiger partial charge in [-0.2, -0.15) is 0 Å². The van der Waals surface area contributed by atoms with E-state index in [-0.39, 0.29) is 16.4 Å². The topological polar surface area (TPSA) is 87.7 Å². The number of nitrogens with one attached hydrogen (secondary N) is 2. The number of sulfonamides is 1.